The number of aliphatic imine (C=N–C) groups is 1. The fraction of sp³-hybridized carbons (Fsp3) is 0.304. The third kappa shape index (κ3) is 4.74. The molecule has 30 heavy (non-hydrogen) atoms. The van der Waals surface area contributed by atoms with Gasteiger partial charge in [0.1, 0.15) is 10.8 Å². The van der Waals surface area contributed by atoms with Crippen LogP contribution in [0.2, 0.25) is 0 Å². The zero-order valence-electron chi connectivity index (χ0n) is 17.2. The van der Waals surface area contributed by atoms with Crippen LogP contribution in [0.25, 0.3) is 11.3 Å². The Morgan fingerprint density at radius 3 is 2.53 bits per heavy atom. The Morgan fingerprint density at radius 2 is 1.80 bits per heavy atom. The summed E-state index contributed by atoms with van der Waals surface area (Å²) in [7, 11) is 0. The zero-order valence-corrected chi connectivity index (χ0v) is 18.0. The summed E-state index contributed by atoms with van der Waals surface area (Å²) in [6.07, 6.45) is 0. The Morgan fingerprint density at radius 1 is 1.07 bits per heavy atom. The van der Waals surface area contributed by atoms with Crippen LogP contribution in [0.4, 0.5) is 5.69 Å². The summed E-state index contributed by atoms with van der Waals surface area (Å²) in [5.41, 5.74) is 3.04. The predicted octanol–water partition coefficient (Wildman–Crippen LogP) is 3.80. The number of para-hydroxylation sites is 2. The van der Waals surface area contributed by atoms with E-state index in [0.717, 1.165) is 60.6 Å². The van der Waals surface area contributed by atoms with E-state index >= 15 is 0 Å². The molecule has 7 heteroatoms. The van der Waals surface area contributed by atoms with Gasteiger partial charge in [-0.1, -0.05) is 42.5 Å². The molecule has 6 nitrogen and oxygen atoms in total. The van der Waals surface area contributed by atoms with Gasteiger partial charge >= 0.3 is 0 Å². The number of thiazole rings is 1. The van der Waals surface area contributed by atoms with Crippen molar-refractivity contribution in [1.82, 2.24) is 15.2 Å². The molecule has 2 aromatic carbocycles. The van der Waals surface area contributed by atoms with E-state index in [-0.39, 0.29) is 0 Å². The van der Waals surface area contributed by atoms with Crippen LogP contribution in [0.3, 0.4) is 0 Å². The topological polar surface area (TPSA) is 64.0 Å². The number of nitrogens with one attached hydrogen (secondary N) is 1. The highest BCUT2D eigenvalue weighted by atomic mass is 32.1. The van der Waals surface area contributed by atoms with E-state index in [2.05, 4.69) is 39.6 Å². The SMILES string of the molecule is CCNC(=NCc1nc(-c2ccccc2)cs1)N1CCN(c2ccccc2O)CC1. The fourth-order valence-corrected chi connectivity index (χ4v) is 4.31. The lowest BCUT2D eigenvalue weighted by atomic mass is 10.2. The van der Waals surface area contributed by atoms with Gasteiger partial charge in [0, 0.05) is 43.7 Å². The van der Waals surface area contributed by atoms with Crippen molar-refractivity contribution in [2.24, 2.45) is 4.99 Å². The normalized spacial score (nSPS) is 14.8. The van der Waals surface area contributed by atoms with Crippen molar-refractivity contribution in [3.63, 3.8) is 0 Å². The molecule has 1 saturated heterocycles. The van der Waals surface area contributed by atoms with E-state index in [1.165, 1.54) is 0 Å². The monoisotopic (exact) mass is 421 g/mol. The smallest absolute Gasteiger partial charge is 0.194 e. The second kappa shape index (κ2) is 9.63. The minimum absolute atomic E-state index is 0.338. The molecular weight excluding hydrogens is 394 g/mol. The molecule has 1 fully saturated rings. The van der Waals surface area contributed by atoms with E-state index in [0.29, 0.717) is 12.3 Å². The maximum absolute atomic E-state index is 10.1. The quantitative estimate of drug-likeness (QED) is 0.485. The summed E-state index contributed by atoms with van der Waals surface area (Å²) in [5, 5.41) is 16.6. The highest BCUT2D eigenvalue weighted by molar-refractivity contribution is 7.09. The van der Waals surface area contributed by atoms with Crippen LogP contribution in [-0.4, -0.2) is 53.7 Å². The van der Waals surface area contributed by atoms with Crippen molar-refractivity contribution in [3.05, 3.63) is 65.0 Å². The highest BCUT2D eigenvalue weighted by Crippen LogP contribution is 2.27. The fourth-order valence-electron chi connectivity index (χ4n) is 3.58. The van der Waals surface area contributed by atoms with Gasteiger partial charge in [-0.3, -0.25) is 0 Å². The Hall–Kier alpha value is -3.06. The largest absolute Gasteiger partial charge is 0.506 e. The summed E-state index contributed by atoms with van der Waals surface area (Å²) in [5.74, 6) is 1.26. The van der Waals surface area contributed by atoms with Crippen LogP contribution in [0.15, 0.2) is 65.0 Å². The molecule has 0 amide bonds. The predicted molar refractivity (Wildman–Crippen MR) is 124 cm³/mol. The summed E-state index contributed by atoms with van der Waals surface area (Å²) >= 11 is 1.65. The summed E-state index contributed by atoms with van der Waals surface area (Å²) in [6.45, 7) is 6.88. The van der Waals surface area contributed by atoms with Crippen molar-refractivity contribution < 1.29 is 5.11 Å². The van der Waals surface area contributed by atoms with Crippen LogP contribution in [0, 0.1) is 0 Å². The number of aromatic nitrogens is 1. The average molecular weight is 422 g/mol. The van der Waals surface area contributed by atoms with Crippen molar-refractivity contribution in [3.8, 4) is 17.0 Å². The molecule has 0 atom stereocenters. The lowest BCUT2D eigenvalue weighted by Crippen LogP contribution is -2.52. The highest BCUT2D eigenvalue weighted by Gasteiger charge is 2.21. The Kier molecular flexibility index (Phi) is 6.49. The number of piperazine rings is 1. The molecule has 0 unspecified atom stereocenters. The van der Waals surface area contributed by atoms with Gasteiger partial charge in [-0.25, -0.2) is 9.98 Å². The number of hydrogen-bond donors (Lipinski definition) is 2. The molecule has 0 bridgehead atoms. The summed E-state index contributed by atoms with van der Waals surface area (Å²) in [6, 6.07) is 17.8. The van der Waals surface area contributed by atoms with Crippen LogP contribution in [-0.2, 0) is 6.54 Å². The van der Waals surface area contributed by atoms with E-state index < -0.39 is 0 Å². The third-order valence-electron chi connectivity index (χ3n) is 5.12. The van der Waals surface area contributed by atoms with Crippen molar-refractivity contribution in [1.29, 1.82) is 0 Å². The Labute approximate surface area is 181 Å². The molecule has 1 aromatic heterocycles. The van der Waals surface area contributed by atoms with Gasteiger partial charge in [-0.2, -0.15) is 0 Å². The second-order valence-electron chi connectivity index (χ2n) is 7.13. The zero-order chi connectivity index (χ0) is 20.8. The summed E-state index contributed by atoms with van der Waals surface area (Å²) in [4.78, 5) is 14.1. The molecule has 0 saturated carbocycles. The van der Waals surface area contributed by atoms with Gasteiger partial charge in [0.15, 0.2) is 5.96 Å². The number of nitrogens with zero attached hydrogens (tertiary/aromatic N) is 4. The first-order chi connectivity index (χ1) is 14.7. The Balaban J connectivity index is 1.40. The number of benzene rings is 2. The number of hydrogen-bond acceptors (Lipinski definition) is 5. The number of guanidine groups is 1. The first kappa shape index (κ1) is 20.2. The van der Waals surface area contributed by atoms with E-state index in [1.54, 1.807) is 17.4 Å². The molecule has 1 aliphatic heterocycles. The molecule has 2 N–H and O–H groups in total. The minimum atomic E-state index is 0.338. The van der Waals surface area contributed by atoms with E-state index in [4.69, 9.17) is 9.98 Å². The Bertz CT molecular complexity index is 980. The first-order valence-corrected chi connectivity index (χ1v) is 11.2. The molecule has 3 aromatic rings. The van der Waals surface area contributed by atoms with Crippen molar-refractivity contribution >= 4 is 23.0 Å². The van der Waals surface area contributed by atoms with Gasteiger partial charge in [-0.05, 0) is 19.1 Å². The number of phenols is 1. The second-order valence-corrected chi connectivity index (χ2v) is 8.07. The number of anilines is 1. The van der Waals surface area contributed by atoms with Gasteiger partial charge in [0.05, 0.1) is 17.9 Å². The molecule has 4 rings (SSSR count). The van der Waals surface area contributed by atoms with Gasteiger partial charge < -0.3 is 20.2 Å². The maximum Gasteiger partial charge on any atom is 0.194 e. The lowest BCUT2D eigenvalue weighted by Gasteiger charge is -2.37. The molecular formula is C23H27N5OS. The van der Waals surface area contributed by atoms with Crippen molar-refractivity contribution in [2.45, 2.75) is 13.5 Å². The molecule has 0 spiro atoms. The molecule has 156 valence electrons. The van der Waals surface area contributed by atoms with Gasteiger partial charge in [0.2, 0.25) is 0 Å². The number of rotatable bonds is 5. The third-order valence-corrected chi connectivity index (χ3v) is 5.96. The number of aromatic hydroxyl groups is 1. The number of phenolic OH excluding ortho intramolecular Hbond substituents is 1. The molecule has 0 aliphatic carbocycles. The summed E-state index contributed by atoms with van der Waals surface area (Å²) < 4.78 is 0. The van der Waals surface area contributed by atoms with Gasteiger partial charge in [-0.15, -0.1) is 11.3 Å². The standard InChI is InChI=1S/C23H27N5OS/c1-2-24-23(25-16-22-26-19(17-30-22)18-8-4-3-5-9-18)28-14-12-27(13-15-28)20-10-6-7-11-21(20)29/h3-11,17,29H,2,12-16H2,1H3,(H,24,25). The molecule has 1 aliphatic rings. The van der Waals surface area contributed by atoms with Crippen LogP contribution < -0.4 is 10.2 Å². The van der Waals surface area contributed by atoms with Crippen LogP contribution >= 0.6 is 11.3 Å². The lowest BCUT2D eigenvalue weighted by molar-refractivity contribution is 0.369. The van der Waals surface area contributed by atoms with Crippen LogP contribution in [0.5, 0.6) is 5.75 Å². The maximum atomic E-state index is 10.1. The molecule has 2 heterocycles. The van der Waals surface area contributed by atoms with Crippen molar-refractivity contribution in [2.75, 3.05) is 37.6 Å². The average Bonchev–Trinajstić information content (AvgIpc) is 3.27. The van der Waals surface area contributed by atoms with E-state index in [9.17, 15) is 5.11 Å². The minimum Gasteiger partial charge on any atom is -0.506 e. The van der Waals surface area contributed by atoms with Crippen LogP contribution in [0.1, 0.15) is 11.9 Å². The van der Waals surface area contributed by atoms with E-state index in [1.807, 2.05) is 36.4 Å². The molecule has 0 radical (unpaired) electrons. The first-order valence-electron chi connectivity index (χ1n) is 10.3. The van der Waals surface area contributed by atoms with Gasteiger partial charge in [0.25, 0.3) is 0 Å².